The van der Waals surface area contributed by atoms with Gasteiger partial charge in [0.2, 0.25) is 5.91 Å². The molecule has 1 fully saturated rings. The van der Waals surface area contributed by atoms with Gasteiger partial charge in [0.25, 0.3) is 0 Å². The van der Waals surface area contributed by atoms with Gasteiger partial charge in [-0.15, -0.1) is 0 Å². The first-order valence-corrected chi connectivity index (χ1v) is 10.4. The second-order valence-electron chi connectivity index (χ2n) is 7.86. The number of aliphatic hydroxyl groups is 1. The van der Waals surface area contributed by atoms with Crippen LogP contribution in [0.4, 0.5) is 0 Å². The molecule has 0 aliphatic heterocycles. The summed E-state index contributed by atoms with van der Waals surface area (Å²) in [5.74, 6) is 1.30. The highest BCUT2D eigenvalue weighted by Crippen LogP contribution is 2.26. The number of hydrogen-bond acceptors (Lipinski definition) is 4. The van der Waals surface area contributed by atoms with Gasteiger partial charge in [0.15, 0.2) is 5.96 Å². The Balaban J connectivity index is 1.74. The molecule has 0 bridgehead atoms. The third kappa shape index (κ3) is 7.50. The molecule has 1 unspecified atom stereocenters. The molecule has 8 heteroatoms. The first-order chi connectivity index (χ1) is 13.4. The monoisotopic (exact) mass is 392 g/mol. The van der Waals surface area contributed by atoms with Gasteiger partial charge in [0.1, 0.15) is 5.60 Å². The largest absolute Gasteiger partial charge is 0.383 e. The van der Waals surface area contributed by atoms with Gasteiger partial charge in [0, 0.05) is 44.9 Å². The maximum absolute atomic E-state index is 12.1. The topological polar surface area (TPSA) is 104 Å². The molecule has 1 atom stereocenters. The molecule has 0 aromatic carbocycles. The van der Waals surface area contributed by atoms with Gasteiger partial charge in [-0.25, -0.2) is 4.99 Å². The van der Waals surface area contributed by atoms with Crippen molar-refractivity contribution >= 4 is 11.9 Å². The van der Waals surface area contributed by atoms with E-state index in [0.717, 1.165) is 12.1 Å². The van der Waals surface area contributed by atoms with Crippen LogP contribution < -0.4 is 16.0 Å². The highest BCUT2D eigenvalue weighted by molar-refractivity contribution is 5.80. The highest BCUT2D eigenvalue weighted by Gasteiger charge is 2.24. The van der Waals surface area contributed by atoms with Crippen LogP contribution in [0, 0.1) is 5.92 Å². The molecule has 8 nitrogen and oxygen atoms in total. The number of nitrogens with one attached hydrogen (secondary N) is 3. The third-order valence-corrected chi connectivity index (χ3v) is 5.15. The molecule has 1 aliphatic rings. The van der Waals surface area contributed by atoms with Crippen molar-refractivity contribution < 1.29 is 9.90 Å². The van der Waals surface area contributed by atoms with E-state index in [4.69, 9.17) is 0 Å². The molecule has 158 valence electrons. The van der Waals surface area contributed by atoms with Crippen molar-refractivity contribution in [1.29, 1.82) is 0 Å². The lowest BCUT2D eigenvalue weighted by Gasteiger charge is -2.21. The quantitative estimate of drug-likeness (QED) is 0.288. The molecule has 1 saturated carbocycles. The number of aliphatic imine (C=N–C) groups is 1. The van der Waals surface area contributed by atoms with Crippen LogP contribution >= 0.6 is 0 Å². The summed E-state index contributed by atoms with van der Waals surface area (Å²) in [7, 11) is 1.82. The zero-order valence-corrected chi connectivity index (χ0v) is 17.5. The molecular formula is C20H36N6O2. The second-order valence-corrected chi connectivity index (χ2v) is 7.86. The summed E-state index contributed by atoms with van der Waals surface area (Å²) >= 11 is 0. The van der Waals surface area contributed by atoms with E-state index in [0.29, 0.717) is 31.4 Å². The molecule has 1 amide bonds. The summed E-state index contributed by atoms with van der Waals surface area (Å²) in [4.78, 5) is 16.5. The average Bonchev–Trinajstić information content (AvgIpc) is 3.11. The molecule has 4 N–H and O–H groups in total. The maximum Gasteiger partial charge on any atom is 0.220 e. The van der Waals surface area contributed by atoms with E-state index in [-0.39, 0.29) is 12.5 Å². The molecule has 1 heterocycles. The smallest absolute Gasteiger partial charge is 0.220 e. The lowest BCUT2D eigenvalue weighted by Crippen LogP contribution is -2.42. The Hall–Kier alpha value is -2.09. The first kappa shape index (κ1) is 22.2. The van der Waals surface area contributed by atoms with Gasteiger partial charge in [-0.05, 0) is 32.6 Å². The van der Waals surface area contributed by atoms with E-state index in [2.05, 4.69) is 26.0 Å². The Labute approximate surface area is 168 Å². The van der Waals surface area contributed by atoms with Crippen molar-refractivity contribution in [3.8, 4) is 0 Å². The summed E-state index contributed by atoms with van der Waals surface area (Å²) in [5.41, 5.74) is -0.366. The van der Waals surface area contributed by atoms with Crippen LogP contribution in [0.1, 0.15) is 57.9 Å². The van der Waals surface area contributed by atoms with E-state index in [1.807, 2.05) is 14.0 Å². The van der Waals surface area contributed by atoms with Crippen molar-refractivity contribution in [3.63, 3.8) is 0 Å². The number of amides is 1. The van der Waals surface area contributed by atoms with E-state index in [1.54, 1.807) is 24.0 Å². The fourth-order valence-electron chi connectivity index (χ4n) is 3.47. The minimum absolute atomic E-state index is 0.134. The fraction of sp³-hybridized carbons (Fsp3) is 0.750. The standard InChI is InChI=1S/C20H36N6O2/c1-4-21-19(24-15-20(2,28)17-13-25-26(3)14-17)23-11-10-22-18(27)12-16-8-6-5-7-9-16/h13-14,16,28H,4-12,15H2,1-3H3,(H,22,27)(H2,21,23,24). The molecular weight excluding hydrogens is 356 g/mol. The van der Waals surface area contributed by atoms with Gasteiger partial charge in [-0.3, -0.25) is 9.48 Å². The maximum atomic E-state index is 12.1. The molecule has 28 heavy (non-hydrogen) atoms. The van der Waals surface area contributed by atoms with Gasteiger partial charge in [-0.1, -0.05) is 19.3 Å². The minimum atomic E-state index is -1.09. The molecule has 1 aliphatic carbocycles. The van der Waals surface area contributed by atoms with Crippen LogP contribution in [-0.4, -0.2) is 52.9 Å². The number of aromatic nitrogens is 2. The lowest BCUT2D eigenvalue weighted by molar-refractivity contribution is -0.122. The molecule has 1 aromatic rings. The Morgan fingerprint density at radius 2 is 2.00 bits per heavy atom. The Kier molecular flexibility index (Phi) is 8.76. The normalized spacial score (nSPS) is 17.8. The van der Waals surface area contributed by atoms with Crippen LogP contribution in [0.15, 0.2) is 17.4 Å². The number of guanidine groups is 1. The molecule has 2 rings (SSSR count). The first-order valence-electron chi connectivity index (χ1n) is 10.4. The summed E-state index contributed by atoms with van der Waals surface area (Å²) in [5, 5.41) is 24.1. The van der Waals surface area contributed by atoms with Gasteiger partial charge >= 0.3 is 0 Å². The molecule has 0 spiro atoms. The van der Waals surface area contributed by atoms with Crippen LogP contribution in [0.25, 0.3) is 0 Å². The summed E-state index contributed by atoms with van der Waals surface area (Å²) < 4.78 is 1.66. The SMILES string of the molecule is CCNC(=NCC(C)(O)c1cnn(C)c1)NCCNC(=O)CC1CCCCC1. The highest BCUT2D eigenvalue weighted by atomic mass is 16.3. The number of carbonyl (C=O) groups excluding carboxylic acids is 1. The number of rotatable bonds is 9. The zero-order chi connectivity index (χ0) is 20.4. The Morgan fingerprint density at radius 3 is 2.64 bits per heavy atom. The number of hydrogen-bond donors (Lipinski definition) is 4. The number of aryl methyl sites for hydroxylation is 1. The number of nitrogens with zero attached hydrogens (tertiary/aromatic N) is 3. The van der Waals surface area contributed by atoms with Crippen LogP contribution in [0.3, 0.4) is 0 Å². The van der Waals surface area contributed by atoms with Crippen LogP contribution in [0.5, 0.6) is 0 Å². The summed E-state index contributed by atoms with van der Waals surface area (Å²) in [6, 6.07) is 0. The minimum Gasteiger partial charge on any atom is -0.383 e. The molecule has 1 aromatic heterocycles. The van der Waals surface area contributed by atoms with Gasteiger partial charge < -0.3 is 21.1 Å². The summed E-state index contributed by atoms with van der Waals surface area (Å²) in [6.07, 6.45) is 10.3. The van der Waals surface area contributed by atoms with Crippen molar-refractivity contribution in [2.24, 2.45) is 18.0 Å². The Morgan fingerprint density at radius 1 is 1.29 bits per heavy atom. The van der Waals surface area contributed by atoms with Gasteiger partial charge in [-0.2, -0.15) is 5.10 Å². The lowest BCUT2D eigenvalue weighted by atomic mass is 9.87. The van der Waals surface area contributed by atoms with Crippen LogP contribution in [-0.2, 0) is 17.4 Å². The van der Waals surface area contributed by atoms with Crippen molar-refractivity contribution in [1.82, 2.24) is 25.7 Å². The van der Waals surface area contributed by atoms with E-state index in [9.17, 15) is 9.90 Å². The van der Waals surface area contributed by atoms with Crippen molar-refractivity contribution in [3.05, 3.63) is 18.0 Å². The predicted molar refractivity (Wildman–Crippen MR) is 111 cm³/mol. The fourth-order valence-corrected chi connectivity index (χ4v) is 3.47. The van der Waals surface area contributed by atoms with Crippen molar-refractivity contribution in [2.75, 3.05) is 26.2 Å². The predicted octanol–water partition coefficient (Wildman–Crippen LogP) is 1.27. The third-order valence-electron chi connectivity index (χ3n) is 5.15. The van der Waals surface area contributed by atoms with Gasteiger partial charge in [0.05, 0.1) is 12.7 Å². The summed E-state index contributed by atoms with van der Waals surface area (Å²) in [6.45, 7) is 5.77. The zero-order valence-electron chi connectivity index (χ0n) is 17.5. The average molecular weight is 393 g/mol. The van der Waals surface area contributed by atoms with E-state index < -0.39 is 5.60 Å². The van der Waals surface area contributed by atoms with Crippen molar-refractivity contribution in [2.45, 2.75) is 58.0 Å². The molecule has 0 radical (unpaired) electrons. The second kappa shape index (κ2) is 11.0. The van der Waals surface area contributed by atoms with E-state index >= 15 is 0 Å². The Bertz CT molecular complexity index is 634. The van der Waals surface area contributed by atoms with Crippen LogP contribution in [0.2, 0.25) is 0 Å². The number of carbonyl (C=O) groups is 1. The molecule has 0 saturated heterocycles. The van der Waals surface area contributed by atoms with E-state index in [1.165, 1.54) is 32.1 Å².